The number of hydrogen-bond acceptors (Lipinski definition) is 2. The van der Waals surface area contributed by atoms with Gasteiger partial charge in [-0.15, -0.1) is 0 Å². The van der Waals surface area contributed by atoms with Crippen LogP contribution in [0, 0.1) is 5.92 Å². The zero-order valence-electron chi connectivity index (χ0n) is 6.39. The molecule has 10 heavy (non-hydrogen) atoms. The van der Waals surface area contributed by atoms with E-state index < -0.39 is 0 Å². The van der Waals surface area contributed by atoms with E-state index in [4.69, 9.17) is 4.74 Å². The fraction of sp³-hybridized carbons (Fsp3) is 0.857. The molecule has 0 aromatic heterocycles. The van der Waals surface area contributed by atoms with Crippen LogP contribution >= 0.6 is 22.6 Å². The van der Waals surface area contributed by atoms with Crippen molar-refractivity contribution in [3.8, 4) is 0 Å². The lowest BCUT2D eigenvalue weighted by Crippen LogP contribution is -2.15. The molecule has 0 aromatic rings. The fourth-order valence-electron chi connectivity index (χ4n) is 0.408. The van der Waals surface area contributed by atoms with Crippen molar-refractivity contribution in [3.05, 3.63) is 0 Å². The van der Waals surface area contributed by atoms with Crippen molar-refractivity contribution in [1.82, 2.24) is 0 Å². The average molecular weight is 256 g/mol. The second kappa shape index (κ2) is 5.95. The normalized spacial score (nSPS) is 12.7. The van der Waals surface area contributed by atoms with Crippen LogP contribution in [0.4, 0.5) is 0 Å². The molecule has 0 aliphatic rings. The number of halogens is 1. The molecule has 60 valence electrons. The Morgan fingerprint density at radius 3 is 2.70 bits per heavy atom. The monoisotopic (exact) mass is 256 g/mol. The van der Waals surface area contributed by atoms with Crippen molar-refractivity contribution in [2.45, 2.75) is 20.3 Å². The molecular weight excluding hydrogens is 243 g/mol. The van der Waals surface area contributed by atoms with E-state index >= 15 is 0 Å². The first-order chi connectivity index (χ1) is 4.72. The van der Waals surface area contributed by atoms with Gasteiger partial charge in [0.05, 0.1) is 12.5 Å². The lowest BCUT2D eigenvalue weighted by Gasteiger charge is -2.06. The molecule has 0 amide bonds. The Hall–Kier alpha value is 0.200. The maximum atomic E-state index is 10.9. The number of ether oxygens (including phenoxy) is 1. The Balaban J connectivity index is 3.42. The van der Waals surface area contributed by atoms with Crippen molar-refractivity contribution in [3.63, 3.8) is 0 Å². The van der Waals surface area contributed by atoms with E-state index in [-0.39, 0.29) is 11.9 Å². The molecular formula is C7H13IO2. The summed E-state index contributed by atoms with van der Waals surface area (Å²) in [5.74, 6) is -0.0246. The molecule has 1 atom stereocenters. The van der Waals surface area contributed by atoms with Crippen LogP contribution in [0.2, 0.25) is 0 Å². The van der Waals surface area contributed by atoms with Crippen molar-refractivity contribution in [2.75, 3.05) is 11.0 Å². The molecule has 1 unspecified atom stereocenters. The second-order valence-corrected chi connectivity index (χ2v) is 3.10. The zero-order valence-corrected chi connectivity index (χ0v) is 8.55. The maximum absolute atomic E-state index is 10.9. The van der Waals surface area contributed by atoms with Crippen LogP contribution in [0.25, 0.3) is 0 Å². The van der Waals surface area contributed by atoms with Crippen molar-refractivity contribution >= 4 is 28.6 Å². The smallest absolute Gasteiger partial charge is 0.309 e. The first-order valence-electron chi connectivity index (χ1n) is 3.45. The standard InChI is InChI=1S/C7H13IO2/c1-3-4-10-7(9)6(2)5-8/h6H,3-5H2,1-2H3. The molecule has 0 rings (SSSR count). The second-order valence-electron chi connectivity index (χ2n) is 2.22. The summed E-state index contributed by atoms with van der Waals surface area (Å²) in [6.45, 7) is 4.42. The lowest BCUT2D eigenvalue weighted by molar-refractivity contribution is -0.147. The number of esters is 1. The van der Waals surface area contributed by atoms with Gasteiger partial charge in [0.15, 0.2) is 0 Å². The van der Waals surface area contributed by atoms with Crippen LogP contribution in [0.3, 0.4) is 0 Å². The predicted molar refractivity (Wildman–Crippen MR) is 49.3 cm³/mol. The van der Waals surface area contributed by atoms with Crippen LogP contribution < -0.4 is 0 Å². The van der Waals surface area contributed by atoms with Gasteiger partial charge in [0.25, 0.3) is 0 Å². The van der Waals surface area contributed by atoms with Gasteiger partial charge in [-0.1, -0.05) is 36.4 Å². The minimum Gasteiger partial charge on any atom is -0.465 e. The highest BCUT2D eigenvalue weighted by molar-refractivity contribution is 14.1. The quantitative estimate of drug-likeness (QED) is 0.437. The molecule has 0 saturated heterocycles. The van der Waals surface area contributed by atoms with Crippen molar-refractivity contribution < 1.29 is 9.53 Å². The molecule has 2 nitrogen and oxygen atoms in total. The van der Waals surface area contributed by atoms with E-state index in [9.17, 15) is 4.79 Å². The van der Waals surface area contributed by atoms with Crippen LogP contribution in [-0.2, 0) is 9.53 Å². The fourth-order valence-corrected chi connectivity index (χ4v) is 0.767. The Morgan fingerprint density at radius 2 is 2.30 bits per heavy atom. The number of hydrogen-bond donors (Lipinski definition) is 0. The molecule has 0 aromatic carbocycles. The van der Waals surface area contributed by atoms with Gasteiger partial charge in [-0.3, -0.25) is 4.79 Å². The molecule has 0 radical (unpaired) electrons. The average Bonchev–Trinajstić information content (AvgIpc) is 1.98. The van der Waals surface area contributed by atoms with Gasteiger partial charge in [0.2, 0.25) is 0 Å². The number of rotatable bonds is 4. The van der Waals surface area contributed by atoms with E-state index in [2.05, 4.69) is 22.6 Å². The Morgan fingerprint density at radius 1 is 1.70 bits per heavy atom. The highest BCUT2D eigenvalue weighted by Crippen LogP contribution is 2.02. The molecule has 0 N–H and O–H groups in total. The van der Waals surface area contributed by atoms with Gasteiger partial charge in [-0.05, 0) is 6.42 Å². The summed E-state index contributed by atoms with van der Waals surface area (Å²) in [6, 6.07) is 0. The highest BCUT2D eigenvalue weighted by Gasteiger charge is 2.11. The molecule has 0 saturated carbocycles. The van der Waals surface area contributed by atoms with Crippen molar-refractivity contribution in [1.29, 1.82) is 0 Å². The summed E-state index contributed by atoms with van der Waals surface area (Å²) in [4.78, 5) is 10.9. The maximum Gasteiger partial charge on any atom is 0.309 e. The topological polar surface area (TPSA) is 26.3 Å². The minimum atomic E-state index is -0.0729. The van der Waals surface area contributed by atoms with Gasteiger partial charge in [0.1, 0.15) is 0 Å². The molecule has 0 aliphatic carbocycles. The largest absolute Gasteiger partial charge is 0.465 e. The molecule has 0 spiro atoms. The van der Waals surface area contributed by atoms with Crippen LogP contribution in [0.1, 0.15) is 20.3 Å². The summed E-state index contributed by atoms with van der Waals surface area (Å²) in [5.41, 5.74) is 0. The number of alkyl halides is 1. The summed E-state index contributed by atoms with van der Waals surface area (Å²) in [5, 5.41) is 0. The molecule has 3 heteroatoms. The lowest BCUT2D eigenvalue weighted by atomic mass is 10.2. The first-order valence-corrected chi connectivity index (χ1v) is 4.97. The van der Waals surface area contributed by atoms with Gasteiger partial charge in [-0.2, -0.15) is 0 Å². The third-order valence-electron chi connectivity index (χ3n) is 1.08. The Bertz CT molecular complexity index is 104. The summed E-state index contributed by atoms with van der Waals surface area (Å²) >= 11 is 2.18. The number of carbonyl (C=O) groups excluding carboxylic acids is 1. The van der Waals surface area contributed by atoms with E-state index in [1.807, 2.05) is 13.8 Å². The van der Waals surface area contributed by atoms with Crippen molar-refractivity contribution in [2.24, 2.45) is 5.92 Å². The third-order valence-corrected chi connectivity index (χ3v) is 2.40. The van der Waals surface area contributed by atoms with Gasteiger partial charge in [0, 0.05) is 4.43 Å². The molecule has 0 bridgehead atoms. The van der Waals surface area contributed by atoms with Crippen LogP contribution in [0.15, 0.2) is 0 Å². The van der Waals surface area contributed by atoms with Gasteiger partial charge >= 0.3 is 5.97 Å². The minimum absolute atomic E-state index is 0.0483. The molecule has 0 fully saturated rings. The summed E-state index contributed by atoms with van der Waals surface area (Å²) in [7, 11) is 0. The van der Waals surface area contributed by atoms with E-state index in [0.717, 1.165) is 10.8 Å². The summed E-state index contributed by atoms with van der Waals surface area (Å²) in [6.07, 6.45) is 0.902. The van der Waals surface area contributed by atoms with Crippen LogP contribution in [-0.4, -0.2) is 17.0 Å². The van der Waals surface area contributed by atoms with Gasteiger partial charge < -0.3 is 4.74 Å². The first kappa shape index (κ1) is 10.2. The predicted octanol–water partition coefficient (Wildman–Crippen LogP) is 2.01. The van der Waals surface area contributed by atoms with Crippen LogP contribution in [0.5, 0.6) is 0 Å². The van der Waals surface area contributed by atoms with Gasteiger partial charge in [-0.25, -0.2) is 0 Å². The van der Waals surface area contributed by atoms with E-state index in [0.29, 0.717) is 6.61 Å². The third kappa shape index (κ3) is 4.09. The van der Waals surface area contributed by atoms with E-state index in [1.54, 1.807) is 0 Å². The molecule has 0 aliphatic heterocycles. The van der Waals surface area contributed by atoms with E-state index in [1.165, 1.54) is 0 Å². The molecule has 0 heterocycles. The highest BCUT2D eigenvalue weighted by atomic mass is 127. The SMILES string of the molecule is CCCOC(=O)C(C)CI. The summed E-state index contributed by atoms with van der Waals surface area (Å²) < 4.78 is 5.73. The Labute approximate surface area is 75.5 Å². The Kier molecular flexibility index (Phi) is 6.06. The number of carbonyl (C=O) groups is 1. The zero-order chi connectivity index (χ0) is 7.98.